The highest BCUT2D eigenvalue weighted by Gasteiger charge is 2.40. The monoisotopic (exact) mass is 546 g/mol. The van der Waals surface area contributed by atoms with Crippen molar-refractivity contribution in [1.29, 1.82) is 0 Å². The molecule has 0 amide bonds. The molecule has 0 radical (unpaired) electrons. The maximum atomic E-state index is 13.3. The summed E-state index contributed by atoms with van der Waals surface area (Å²) in [6.45, 7) is 9.88. The number of ketones is 1. The predicted molar refractivity (Wildman–Crippen MR) is 131 cm³/mol. The van der Waals surface area contributed by atoms with Gasteiger partial charge in [-0.15, -0.1) is 0 Å². The molecule has 1 aromatic carbocycles. The van der Waals surface area contributed by atoms with E-state index in [2.05, 4.69) is 20.1 Å². The maximum absolute atomic E-state index is 13.3. The van der Waals surface area contributed by atoms with Crippen LogP contribution in [-0.4, -0.2) is 31.9 Å². The van der Waals surface area contributed by atoms with Crippen LogP contribution in [0.3, 0.4) is 0 Å². The van der Waals surface area contributed by atoms with E-state index in [4.69, 9.17) is 28.4 Å². The highest BCUT2D eigenvalue weighted by Crippen LogP contribution is 2.39. The molecular formula is C25H19ClF4N6O2. The Labute approximate surface area is 218 Å². The summed E-state index contributed by atoms with van der Waals surface area (Å²) in [6.07, 6.45) is -3.32. The Bertz CT molecular complexity index is 1540. The van der Waals surface area contributed by atoms with Gasteiger partial charge in [-0.2, -0.15) is 18.3 Å². The molecular weight excluding hydrogens is 528 g/mol. The number of nitrogen functional groups attached to an aromatic ring is 1. The lowest BCUT2D eigenvalue weighted by molar-refractivity contribution is -0.164. The van der Waals surface area contributed by atoms with Crippen molar-refractivity contribution in [1.82, 2.24) is 19.9 Å². The van der Waals surface area contributed by atoms with Crippen molar-refractivity contribution in [2.75, 3.05) is 5.73 Å². The predicted octanol–water partition coefficient (Wildman–Crippen LogP) is 6.56. The summed E-state index contributed by atoms with van der Waals surface area (Å²) in [5, 5.41) is 7.95. The lowest BCUT2D eigenvalue weighted by Gasteiger charge is -2.17. The first-order chi connectivity index (χ1) is 17.9. The van der Waals surface area contributed by atoms with Crippen LogP contribution in [0.15, 0.2) is 47.1 Å². The molecule has 3 heterocycles. The molecule has 0 aliphatic carbocycles. The number of nitrogens with zero attached hydrogens (tertiary/aromatic N) is 5. The second-order valence-electron chi connectivity index (χ2n) is 8.50. The van der Waals surface area contributed by atoms with E-state index in [0.717, 1.165) is 13.0 Å². The summed E-state index contributed by atoms with van der Waals surface area (Å²) in [4.78, 5) is 20.3. The van der Waals surface area contributed by atoms with Gasteiger partial charge >= 0.3 is 6.18 Å². The second kappa shape index (κ2) is 10.3. The molecule has 38 heavy (non-hydrogen) atoms. The lowest BCUT2D eigenvalue weighted by atomic mass is 9.95. The first-order valence-electron chi connectivity index (χ1n) is 11.1. The first kappa shape index (κ1) is 26.8. The number of hydrogen-bond acceptors (Lipinski definition) is 6. The number of aromatic nitrogens is 4. The molecule has 13 heteroatoms. The number of rotatable bonds is 7. The van der Waals surface area contributed by atoms with Gasteiger partial charge in [0.2, 0.25) is 0 Å². The van der Waals surface area contributed by atoms with E-state index in [1.54, 1.807) is 19.1 Å². The van der Waals surface area contributed by atoms with Crippen LogP contribution in [-0.2, 0) is 11.2 Å². The highest BCUT2D eigenvalue weighted by molar-refractivity contribution is 6.33. The third-order valence-corrected chi connectivity index (χ3v) is 6.31. The zero-order chi connectivity index (χ0) is 27.8. The fourth-order valence-electron chi connectivity index (χ4n) is 3.69. The molecule has 2 N–H and O–H groups in total. The van der Waals surface area contributed by atoms with E-state index in [9.17, 15) is 22.4 Å². The van der Waals surface area contributed by atoms with Crippen molar-refractivity contribution in [2.45, 2.75) is 38.4 Å². The number of carbonyl (C=O) groups excluding carboxylic acids is 1. The summed E-state index contributed by atoms with van der Waals surface area (Å²) in [5.41, 5.74) is 6.91. The Balaban J connectivity index is 1.51. The van der Waals surface area contributed by atoms with Crippen LogP contribution < -0.4 is 5.73 Å². The van der Waals surface area contributed by atoms with Gasteiger partial charge in [-0.3, -0.25) is 9.78 Å². The summed E-state index contributed by atoms with van der Waals surface area (Å²) >= 11 is 6.06. The van der Waals surface area contributed by atoms with E-state index in [1.165, 1.54) is 24.4 Å². The third kappa shape index (κ3) is 5.24. The Kier molecular flexibility index (Phi) is 7.24. The Hall–Kier alpha value is -4.24. The first-order valence-corrected chi connectivity index (χ1v) is 11.5. The summed E-state index contributed by atoms with van der Waals surface area (Å²) in [5.74, 6) is -1.47. The standard InChI is InChI=1S/C25H19ClF4N6O2/c1-12(21(37)10-16-9-20(35-38-16)17-6-5-15(27)8-18(17)26)14-4-7-19(33-11-14)22-23(32-3)24(31)36(34-22)13(2)25(28,29)30/h4-9,11-13H,10,31H2,1-2H3. The van der Waals surface area contributed by atoms with Crippen molar-refractivity contribution in [3.05, 3.63) is 76.2 Å². The van der Waals surface area contributed by atoms with E-state index >= 15 is 0 Å². The molecule has 0 saturated carbocycles. The number of hydrogen-bond donors (Lipinski definition) is 1. The van der Waals surface area contributed by atoms with Crippen LogP contribution in [0, 0.1) is 12.4 Å². The van der Waals surface area contributed by atoms with E-state index in [-0.39, 0.29) is 40.1 Å². The minimum Gasteiger partial charge on any atom is -0.393 e. The number of halogens is 5. The quantitative estimate of drug-likeness (QED) is 0.208. The Morgan fingerprint density at radius 2 is 1.95 bits per heavy atom. The molecule has 0 spiro atoms. The number of nitrogens with two attached hydrogens (primary N) is 1. The van der Waals surface area contributed by atoms with E-state index < -0.39 is 29.8 Å². The molecule has 2 unspecified atom stereocenters. The zero-order valence-electron chi connectivity index (χ0n) is 19.9. The molecule has 2 atom stereocenters. The number of benzene rings is 1. The lowest BCUT2D eigenvalue weighted by Crippen LogP contribution is -2.25. The van der Waals surface area contributed by atoms with Gasteiger partial charge in [0.05, 0.1) is 23.7 Å². The van der Waals surface area contributed by atoms with Crippen LogP contribution >= 0.6 is 11.6 Å². The summed E-state index contributed by atoms with van der Waals surface area (Å²) < 4.78 is 58.7. The van der Waals surface area contributed by atoms with Crippen molar-refractivity contribution < 1.29 is 26.9 Å². The number of alkyl halides is 3. The number of Topliss-reactive ketones (excluding diaryl/α,β-unsaturated/α-hetero) is 1. The van der Waals surface area contributed by atoms with Gasteiger partial charge in [0.25, 0.3) is 5.69 Å². The fourth-order valence-corrected chi connectivity index (χ4v) is 3.95. The number of anilines is 1. The Morgan fingerprint density at radius 1 is 1.21 bits per heavy atom. The third-order valence-electron chi connectivity index (χ3n) is 6.00. The van der Waals surface area contributed by atoms with Gasteiger partial charge < -0.3 is 10.3 Å². The van der Waals surface area contributed by atoms with E-state index in [1.807, 2.05) is 0 Å². The molecule has 4 aromatic rings. The highest BCUT2D eigenvalue weighted by atomic mass is 35.5. The molecule has 8 nitrogen and oxygen atoms in total. The van der Waals surface area contributed by atoms with Crippen LogP contribution in [0.4, 0.5) is 29.1 Å². The minimum absolute atomic E-state index is 0.0900. The number of pyridine rings is 1. The number of carbonyl (C=O) groups is 1. The molecule has 4 rings (SSSR count). The molecule has 0 fully saturated rings. The molecule has 0 aliphatic rings. The minimum atomic E-state index is -4.61. The molecule has 0 aliphatic heterocycles. The SMILES string of the molecule is [C-]#[N+]c1c(-c2ccc(C(C)C(=O)Cc3cc(-c4ccc(F)cc4Cl)no3)cn2)nn(C(C)C(F)(F)F)c1N. The normalized spacial score (nSPS) is 13.2. The van der Waals surface area contributed by atoms with E-state index in [0.29, 0.717) is 21.5 Å². The van der Waals surface area contributed by atoms with Gasteiger partial charge in [-0.1, -0.05) is 29.7 Å². The van der Waals surface area contributed by atoms with Crippen LogP contribution in [0.25, 0.3) is 27.5 Å². The average Bonchev–Trinajstić information content (AvgIpc) is 3.46. The molecule has 0 bridgehead atoms. The van der Waals surface area contributed by atoms with Gasteiger partial charge in [0.1, 0.15) is 40.6 Å². The summed E-state index contributed by atoms with van der Waals surface area (Å²) in [7, 11) is 0. The van der Waals surface area contributed by atoms with Crippen molar-refractivity contribution in [3.8, 4) is 22.6 Å². The van der Waals surface area contributed by atoms with Crippen LogP contribution in [0.5, 0.6) is 0 Å². The summed E-state index contributed by atoms with van der Waals surface area (Å²) in [6, 6.07) is 6.37. The van der Waals surface area contributed by atoms with Crippen molar-refractivity contribution >= 4 is 28.9 Å². The van der Waals surface area contributed by atoms with Gasteiger partial charge in [0, 0.05) is 23.7 Å². The van der Waals surface area contributed by atoms with Crippen LogP contribution in [0.1, 0.15) is 37.1 Å². The van der Waals surface area contributed by atoms with Gasteiger partial charge in [-0.25, -0.2) is 13.9 Å². The largest absolute Gasteiger partial charge is 0.410 e. The molecule has 0 saturated heterocycles. The Morgan fingerprint density at radius 3 is 2.55 bits per heavy atom. The molecule has 196 valence electrons. The van der Waals surface area contributed by atoms with Gasteiger partial charge in [-0.05, 0) is 36.8 Å². The maximum Gasteiger partial charge on any atom is 0.410 e. The molecule has 3 aromatic heterocycles. The fraction of sp³-hybridized carbons (Fsp3) is 0.240. The van der Waals surface area contributed by atoms with Crippen molar-refractivity contribution in [3.63, 3.8) is 0 Å². The second-order valence-corrected chi connectivity index (χ2v) is 8.91. The zero-order valence-corrected chi connectivity index (χ0v) is 20.7. The smallest absolute Gasteiger partial charge is 0.393 e. The average molecular weight is 547 g/mol. The topological polar surface area (TPSA) is 104 Å². The van der Waals surface area contributed by atoms with Crippen LogP contribution in [0.2, 0.25) is 5.02 Å². The van der Waals surface area contributed by atoms with Gasteiger partial charge in [0.15, 0.2) is 0 Å². The van der Waals surface area contributed by atoms with Crippen molar-refractivity contribution in [2.24, 2.45) is 0 Å².